The maximum atomic E-state index is 5.32. The number of hydrogen-bond acceptors (Lipinski definition) is 2. The Morgan fingerprint density at radius 1 is 1.86 bits per heavy atom. The van der Waals surface area contributed by atoms with Crippen LogP contribution in [0, 0.1) is 0 Å². The molecule has 2 heteroatoms. The van der Waals surface area contributed by atoms with Crippen LogP contribution in [0.15, 0.2) is 12.3 Å². The number of hydrogen-bond donors (Lipinski definition) is 1. The van der Waals surface area contributed by atoms with Crippen molar-refractivity contribution in [1.29, 1.82) is 0 Å². The molecule has 2 N–H and O–H groups in total. The smallest absolute Gasteiger partial charge is 0.105 e. The molecule has 0 bridgehead atoms. The molecule has 0 heterocycles. The number of methoxy groups -OCH3 is 1. The molecule has 1 atom stereocenters. The molecule has 2 nitrogen and oxygen atoms in total. The summed E-state index contributed by atoms with van der Waals surface area (Å²) >= 11 is 0. The first-order valence-corrected chi connectivity index (χ1v) is 2.17. The van der Waals surface area contributed by atoms with Gasteiger partial charge < -0.3 is 10.5 Å². The normalized spacial score (nSPS) is 13.0. The summed E-state index contributed by atoms with van der Waals surface area (Å²) in [5.41, 5.74) is 5.32. The van der Waals surface area contributed by atoms with Crippen LogP contribution in [-0.2, 0) is 4.74 Å². The lowest BCUT2D eigenvalue weighted by Gasteiger charge is -2.05. The van der Waals surface area contributed by atoms with E-state index in [0.29, 0.717) is 5.76 Å². The maximum absolute atomic E-state index is 5.32. The largest absolute Gasteiger partial charge is 0.500 e. The minimum absolute atomic E-state index is 0.0509. The molecule has 7 heavy (non-hydrogen) atoms. The molecule has 0 aromatic heterocycles. The van der Waals surface area contributed by atoms with E-state index < -0.39 is 0 Å². The van der Waals surface area contributed by atoms with Crippen LogP contribution < -0.4 is 5.73 Å². The van der Waals surface area contributed by atoms with E-state index in [0.717, 1.165) is 0 Å². The Morgan fingerprint density at radius 2 is 2.29 bits per heavy atom. The van der Waals surface area contributed by atoms with Gasteiger partial charge in [-0.05, 0) is 6.92 Å². The Labute approximate surface area is 44.0 Å². The van der Waals surface area contributed by atoms with E-state index in [9.17, 15) is 0 Å². The molecule has 0 aromatic rings. The predicted molar refractivity (Wildman–Crippen MR) is 29.8 cm³/mol. The van der Waals surface area contributed by atoms with Crippen LogP contribution in [-0.4, -0.2) is 13.2 Å². The van der Waals surface area contributed by atoms with Crippen molar-refractivity contribution in [3.63, 3.8) is 0 Å². The van der Waals surface area contributed by atoms with Crippen molar-refractivity contribution >= 4 is 0 Å². The lowest BCUT2D eigenvalue weighted by atomic mass is 10.3. The van der Waals surface area contributed by atoms with Crippen molar-refractivity contribution in [2.75, 3.05) is 7.11 Å². The van der Waals surface area contributed by atoms with Crippen molar-refractivity contribution in [3.8, 4) is 0 Å². The minimum Gasteiger partial charge on any atom is -0.500 e. The highest BCUT2D eigenvalue weighted by Gasteiger charge is 1.95. The fourth-order valence-electron chi connectivity index (χ4n) is 0.186. The number of nitrogens with two attached hydrogens (primary N) is 1. The van der Waals surface area contributed by atoms with Crippen LogP contribution in [0.3, 0.4) is 0 Å². The van der Waals surface area contributed by atoms with Crippen LogP contribution in [0.4, 0.5) is 0 Å². The van der Waals surface area contributed by atoms with Gasteiger partial charge in [0.15, 0.2) is 0 Å². The quantitative estimate of drug-likeness (QED) is 0.514. The molecule has 0 spiro atoms. The average Bonchev–Trinajstić information content (AvgIpc) is 1.65. The van der Waals surface area contributed by atoms with Crippen LogP contribution in [0.5, 0.6) is 0 Å². The van der Waals surface area contributed by atoms with Gasteiger partial charge >= 0.3 is 0 Å². The molecule has 0 aliphatic heterocycles. The third-order valence-corrected chi connectivity index (χ3v) is 0.770. The van der Waals surface area contributed by atoms with Crippen LogP contribution in [0.2, 0.25) is 0 Å². The summed E-state index contributed by atoms with van der Waals surface area (Å²) < 4.78 is 4.69. The number of ether oxygens (including phenoxy) is 1. The van der Waals surface area contributed by atoms with Crippen LogP contribution in [0.25, 0.3) is 0 Å². The zero-order valence-corrected chi connectivity index (χ0v) is 4.77. The van der Waals surface area contributed by atoms with Crippen LogP contribution >= 0.6 is 0 Å². The molecule has 42 valence electrons. The van der Waals surface area contributed by atoms with Gasteiger partial charge in [0, 0.05) is 0 Å². The molecule has 0 radical (unpaired) electrons. The van der Waals surface area contributed by atoms with Gasteiger partial charge in [0.2, 0.25) is 0 Å². The SMILES string of the molecule is C=C(OC)[C@@H](C)N. The molecule has 0 rings (SSSR count). The van der Waals surface area contributed by atoms with E-state index in [-0.39, 0.29) is 6.04 Å². The topological polar surface area (TPSA) is 35.2 Å². The van der Waals surface area contributed by atoms with Gasteiger partial charge in [-0.15, -0.1) is 0 Å². The van der Waals surface area contributed by atoms with Gasteiger partial charge in [-0.2, -0.15) is 0 Å². The van der Waals surface area contributed by atoms with E-state index in [1.165, 1.54) is 0 Å². The first kappa shape index (κ1) is 6.50. The average molecular weight is 101 g/mol. The summed E-state index contributed by atoms with van der Waals surface area (Å²) in [6, 6.07) is -0.0509. The lowest BCUT2D eigenvalue weighted by Crippen LogP contribution is -2.17. The molecule has 0 saturated carbocycles. The fraction of sp³-hybridized carbons (Fsp3) is 0.600. The summed E-state index contributed by atoms with van der Waals surface area (Å²) in [5, 5.41) is 0. The molecule has 0 aromatic carbocycles. The van der Waals surface area contributed by atoms with Crippen molar-refractivity contribution in [2.45, 2.75) is 13.0 Å². The van der Waals surface area contributed by atoms with Gasteiger partial charge in [-0.1, -0.05) is 6.58 Å². The Bertz CT molecular complexity index is 68.5. The second-order valence-corrected chi connectivity index (χ2v) is 1.46. The monoisotopic (exact) mass is 101 g/mol. The molecule has 0 unspecified atom stereocenters. The summed E-state index contributed by atoms with van der Waals surface area (Å²) in [5.74, 6) is 0.625. The summed E-state index contributed by atoms with van der Waals surface area (Å²) in [4.78, 5) is 0. The highest BCUT2D eigenvalue weighted by atomic mass is 16.5. The molecular weight excluding hydrogens is 90.1 g/mol. The number of rotatable bonds is 2. The van der Waals surface area contributed by atoms with E-state index in [2.05, 4.69) is 6.58 Å². The fourth-order valence-corrected chi connectivity index (χ4v) is 0.186. The third-order valence-electron chi connectivity index (χ3n) is 0.770. The van der Waals surface area contributed by atoms with Gasteiger partial charge in [-0.25, -0.2) is 0 Å². The maximum Gasteiger partial charge on any atom is 0.105 e. The van der Waals surface area contributed by atoms with Crippen LogP contribution in [0.1, 0.15) is 6.92 Å². The van der Waals surface area contributed by atoms with Gasteiger partial charge in [-0.3, -0.25) is 0 Å². The Kier molecular flexibility index (Phi) is 2.45. The van der Waals surface area contributed by atoms with Crippen molar-refractivity contribution in [3.05, 3.63) is 12.3 Å². The second-order valence-electron chi connectivity index (χ2n) is 1.46. The van der Waals surface area contributed by atoms with Gasteiger partial charge in [0.05, 0.1) is 13.2 Å². The van der Waals surface area contributed by atoms with E-state index in [1.807, 2.05) is 6.92 Å². The Morgan fingerprint density at radius 3 is 2.29 bits per heavy atom. The zero-order chi connectivity index (χ0) is 5.86. The molecule has 0 aliphatic carbocycles. The first-order chi connectivity index (χ1) is 3.18. The van der Waals surface area contributed by atoms with E-state index in [1.54, 1.807) is 7.11 Å². The summed E-state index contributed by atoms with van der Waals surface area (Å²) in [7, 11) is 1.56. The highest BCUT2D eigenvalue weighted by molar-refractivity contribution is 4.90. The van der Waals surface area contributed by atoms with Gasteiger partial charge in [0.25, 0.3) is 0 Å². The first-order valence-electron chi connectivity index (χ1n) is 2.17. The summed E-state index contributed by atoms with van der Waals surface area (Å²) in [6.07, 6.45) is 0. The van der Waals surface area contributed by atoms with Crippen molar-refractivity contribution in [1.82, 2.24) is 0 Å². The third kappa shape index (κ3) is 2.23. The molecule has 0 aliphatic rings. The molecule has 0 fully saturated rings. The minimum atomic E-state index is -0.0509. The van der Waals surface area contributed by atoms with Gasteiger partial charge in [0.1, 0.15) is 5.76 Å². The Hall–Kier alpha value is -0.500. The highest BCUT2D eigenvalue weighted by Crippen LogP contribution is 1.92. The van der Waals surface area contributed by atoms with E-state index in [4.69, 9.17) is 10.5 Å². The van der Waals surface area contributed by atoms with E-state index >= 15 is 0 Å². The molecule has 0 saturated heterocycles. The lowest BCUT2D eigenvalue weighted by molar-refractivity contribution is 0.271. The second kappa shape index (κ2) is 2.64. The van der Waals surface area contributed by atoms with Crippen molar-refractivity contribution < 1.29 is 4.74 Å². The molecule has 0 amide bonds. The Balaban J connectivity index is 3.35. The predicted octanol–water partition coefficient (Wildman–Crippen LogP) is 0.494. The summed E-state index contributed by atoms with van der Waals surface area (Å²) in [6.45, 7) is 5.35. The van der Waals surface area contributed by atoms with Crippen molar-refractivity contribution in [2.24, 2.45) is 5.73 Å². The molecular formula is C5H11NO. The standard InChI is InChI=1S/C5H11NO/c1-4(6)5(2)7-3/h4H,2,6H2,1,3H3/t4-/m1/s1. The zero-order valence-electron chi connectivity index (χ0n) is 4.77.